The predicted octanol–water partition coefficient (Wildman–Crippen LogP) is 1.81. The summed E-state index contributed by atoms with van der Waals surface area (Å²) in [6.07, 6.45) is -3.59. The summed E-state index contributed by atoms with van der Waals surface area (Å²) in [5.74, 6) is -0.922. The number of rotatable bonds is 3. The molecule has 1 amide bonds. The molecule has 1 N–H and O–H groups in total. The largest absolute Gasteiger partial charge is 0.438 e. The fraction of sp³-hybridized carbons (Fsp3) is 0.545. The third kappa shape index (κ3) is 2.82. The van der Waals surface area contributed by atoms with E-state index in [1.807, 2.05) is 0 Å². The van der Waals surface area contributed by atoms with E-state index in [4.69, 9.17) is 0 Å². The Morgan fingerprint density at radius 3 is 2.76 bits per heavy atom. The van der Waals surface area contributed by atoms with Gasteiger partial charge >= 0.3 is 6.18 Å². The summed E-state index contributed by atoms with van der Waals surface area (Å²) in [5.41, 5.74) is -2.51. The zero-order valence-corrected chi connectivity index (χ0v) is 12.5. The Bertz CT molecular complexity index is 587. The minimum Gasteiger partial charge on any atom is -0.362 e. The van der Waals surface area contributed by atoms with Gasteiger partial charge in [0.25, 0.3) is 5.72 Å². The van der Waals surface area contributed by atoms with Gasteiger partial charge in [0.05, 0.1) is 17.2 Å². The Morgan fingerprint density at radius 1 is 1.57 bits per heavy atom. The van der Waals surface area contributed by atoms with Gasteiger partial charge in [0.15, 0.2) is 0 Å². The standard InChI is InChI=1S/C11H12BrF3N4O2/c1-7-8(12)6-17-18(7)5-2-9(20)19-10(21,3-4-16-19)11(13,14)15/h4,6,21H,2-3,5H2,1H3. The third-order valence-electron chi connectivity index (χ3n) is 3.19. The van der Waals surface area contributed by atoms with Gasteiger partial charge in [-0.15, -0.1) is 0 Å². The fourth-order valence-corrected chi connectivity index (χ4v) is 2.19. The van der Waals surface area contributed by atoms with Crippen LogP contribution in [0.15, 0.2) is 15.8 Å². The first-order valence-electron chi connectivity index (χ1n) is 5.99. The molecule has 1 unspecified atom stereocenters. The third-order valence-corrected chi connectivity index (χ3v) is 3.97. The van der Waals surface area contributed by atoms with Gasteiger partial charge < -0.3 is 5.11 Å². The number of alkyl halides is 3. The Morgan fingerprint density at radius 2 is 2.24 bits per heavy atom. The summed E-state index contributed by atoms with van der Waals surface area (Å²) < 4.78 is 40.7. The van der Waals surface area contributed by atoms with Crippen LogP contribution in [-0.4, -0.2) is 43.9 Å². The summed E-state index contributed by atoms with van der Waals surface area (Å²) in [4.78, 5) is 11.9. The molecule has 2 rings (SSSR count). The van der Waals surface area contributed by atoms with Crippen LogP contribution >= 0.6 is 15.9 Å². The number of aromatic nitrogens is 2. The molecule has 10 heteroatoms. The first-order chi connectivity index (χ1) is 9.67. The molecule has 2 heterocycles. The number of halogens is 4. The number of hydrazone groups is 1. The van der Waals surface area contributed by atoms with Gasteiger partial charge in [-0.3, -0.25) is 9.48 Å². The lowest BCUT2D eigenvalue weighted by atomic mass is 10.1. The maximum absolute atomic E-state index is 12.8. The molecule has 0 saturated carbocycles. The number of aryl methyl sites for hydroxylation is 1. The van der Waals surface area contributed by atoms with Crippen LogP contribution in [0.4, 0.5) is 13.2 Å². The number of hydrogen-bond acceptors (Lipinski definition) is 4. The van der Waals surface area contributed by atoms with E-state index in [2.05, 4.69) is 26.1 Å². The van der Waals surface area contributed by atoms with Crippen molar-refractivity contribution in [2.24, 2.45) is 5.10 Å². The molecule has 0 spiro atoms. The SMILES string of the molecule is Cc1c(Br)cnn1CCC(=O)N1N=CCC1(O)C(F)(F)F. The molecular weight excluding hydrogens is 357 g/mol. The molecule has 0 aromatic carbocycles. The van der Waals surface area contributed by atoms with Crippen LogP contribution in [0, 0.1) is 6.92 Å². The van der Waals surface area contributed by atoms with E-state index in [1.54, 1.807) is 6.92 Å². The molecule has 1 atom stereocenters. The van der Waals surface area contributed by atoms with Crippen LogP contribution in [0.1, 0.15) is 18.5 Å². The smallest absolute Gasteiger partial charge is 0.362 e. The van der Waals surface area contributed by atoms with Crippen LogP contribution in [-0.2, 0) is 11.3 Å². The van der Waals surface area contributed by atoms with E-state index >= 15 is 0 Å². The van der Waals surface area contributed by atoms with Crippen molar-refractivity contribution in [2.45, 2.75) is 38.2 Å². The minimum absolute atomic E-state index is 0.0935. The molecule has 0 fully saturated rings. The molecule has 1 aliphatic rings. The van der Waals surface area contributed by atoms with Crippen molar-refractivity contribution in [3.05, 3.63) is 16.4 Å². The van der Waals surface area contributed by atoms with E-state index < -0.39 is 24.2 Å². The van der Waals surface area contributed by atoms with Crippen molar-refractivity contribution >= 4 is 28.1 Å². The predicted molar refractivity (Wildman–Crippen MR) is 70.2 cm³/mol. The normalized spacial score (nSPS) is 22.1. The highest BCUT2D eigenvalue weighted by molar-refractivity contribution is 9.10. The van der Waals surface area contributed by atoms with Crippen LogP contribution in [0.5, 0.6) is 0 Å². The van der Waals surface area contributed by atoms with Gasteiger partial charge in [-0.2, -0.15) is 28.4 Å². The van der Waals surface area contributed by atoms with Crippen molar-refractivity contribution in [3.63, 3.8) is 0 Å². The zero-order valence-electron chi connectivity index (χ0n) is 10.9. The molecule has 21 heavy (non-hydrogen) atoms. The number of carbonyl (C=O) groups excluding carboxylic acids is 1. The monoisotopic (exact) mass is 368 g/mol. The highest BCUT2D eigenvalue weighted by Gasteiger charge is 2.61. The lowest BCUT2D eigenvalue weighted by Gasteiger charge is -2.32. The lowest BCUT2D eigenvalue weighted by molar-refractivity contribution is -0.302. The highest BCUT2D eigenvalue weighted by Crippen LogP contribution is 2.38. The summed E-state index contributed by atoms with van der Waals surface area (Å²) >= 11 is 3.24. The summed E-state index contributed by atoms with van der Waals surface area (Å²) in [5, 5.41) is 17.1. The molecular formula is C11H12BrF3N4O2. The van der Waals surface area contributed by atoms with E-state index in [1.165, 1.54) is 10.9 Å². The number of aliphatic hydroxyl groups is 1. The van der Waals surface area contributed by atoms with E-state index in [-0.39, 0.29) is 18.0 Å². The van der Waals surface area contributed by atoms with Crippen molar-refractivity contribution in [1.29, 1.82) is 0 Å². The molecule has 0 saturated heterocycles. The molecule has 0 radical (unpaired) electrons. The topological polar surface area (TPSA) is 70.7 Å². The fourth-order valence-electron chi connectivity index (χ4n) is 1.89. The second-order valence-corrected chi connectivity index (χ2v) is 5.43. The molecule has 116 valence electrons. The molecule has 0 aliphatic carbocycles. The summed E-state index contributed by atoms with van der Waals surface area (Å²) in [6, 6.07) is 0. The van der Waals surface area contributed by atoms with E-state index in [9.17, 15) is 23.1 Å². The van der Waals surface area contributed by atoms with Gasteiger partial charge in [0.1, 0.15) is 0 Å². The van der Waals surface area contributed by atoms with Crippen molar-refractivity contribution in [2.75, 3.05) is 0 Å². The lowest BCUT2D eigenvalue weighted by Crippen LogP contribution is -2.56. The second kappa shape index (κ2) is 5.41. The van der Waals surface area contributed by atoms with Crippen LogP contribution < -0.4 is 0 Å². The average molecular weight is 369 g/mol. The van der Waals surface area contributed by atoms with Crippen molar-refractivity contribution < 1.29 is 23.1 Å². The Kier molecular flexibility index (Phi) is 4.11. The van der Waals surface area contributed by atoms with Gasteiger partial charge in [0.2, 0.25) is 5.91 Å². The quantitative estimate of drug-likeness (QED) is 0.884. The van der Waals surface area contributed by atoms with E-state index in [0.717, 1.165) is 16.4 Å². The maximum atomic E-state index is 12.8. The average Bonchev–Trinajstić information content (AvgIpc) is 2.93. The van der Waals surface area contributed by atoms with E-state index in [0.29, 0.717) is 0 Å². The molecule has 6 nitrogen and oxygen atoms in total. The van der Waals surface area contributed by atoms with Gasteiger partial charge in [0, 0.05) is 24.8 Å². The first kappa shape index (κ1) is 16.0. The van der Waals surface area contributed by atoms with Crippen LogP contribution in [0.3, 0.4) is 0 Å². The first-order valence-corrected chi connectivity index (χ1v) is 6.78. The molecule has 1 aliphatic heterocycles. The molecule has 0 bridgehead atoms. The Labute approximate surface area is 126 Å². The zero-order chi connectivity index (χ0) is 15.8. The van der Waals surface area contributed by atoms with Gasteiger partial charge in [-0.25, -0.2) is 0 Å². The van der Waals surface area contributed by atoms with Crippen LogP contribution in [0.2, 0.25) is 0 Å². The van der Waals surface area contributed by atoms with Crippen molar-refractivity contribution in [3.8, 4) is 0 Å². The summed E-state index contributed by atoms with van der Waals surface area (Å²) in [7, 11) is 0. The Balaban J connectivity index is 2.07. The Hall–Kier alpha value is -1.42. The van der Waals surface area contributed by atoms with Crippen molar-refractivity contribution in [1.82, 2.24) is 14.8 Å². The number of amides is 1. The van der Waals surface area contributed by atoms with Gasteiger partial charge in [-0.05, 0) is 22.9 Å². The number of hydrogen-bond donors (Lipinski definition) is 1. The summed E-state index contributed by atoms with van der Waals surface area (Å²) in [6.45, 7) is 1.85. The minimum atomic E-state index is -4.97. The van der Waals surface area contributed by atoms with Gasteiger partial charge in [-0.1, -0.05) is 0 Å². The second-order valence-electron chi connectivity index (χ2n) is 4.57. The molecule has 1 aromatic rings. The highest BCUT2D eigenvalue weighted by atomic mass is 79.9. The number of carbonyl (C=O) groups is 1. The number of nitrogens with zero attached hydrogens (tertiary/aromatic N) is 4. The maximum Gasteiger partial charge on any atom is 0.438 e. The van der Waals surface area contributed by atoms with Crippen LogP contribution in [0.25, 0.3) is 0 Å². The molecule has 1 aromatic heterocycles.